The topological polar surface area (TPSA) is 55.5 Å². The van der Waals surface area contributed by atoms with E-state index in [9.17, 15) is 4.79 Å². The molecule has 0 aliphatic carbocycles. The van der Waals surface area contributed by atoms with Crippen LogP contribution < -0.4 is 0 Å². The summed E-state index contributed by atoms with van der Waals surface area (Å²) in [6.07, 6.45) is 1.69. The Balaban J connectivity index is 1.72. The molecule has 0 saturated heterocycles. The standard InChI is InChI=1S/C26H21ClN2O2/c1-17(19-8-4-3-5-9-19)28-16-24-25(18(2)29-31-24)22-10-6-7-11-23(22)26(30)20-12-14-21(27)15-13-20/h3-17H,1-2H3/b28-16-. The van der Waals surface area contributed by atoms with Gasteiger partial charge in [0.15, 0.2) is 11.5 Å². The maximum atomic E-state index is 13.2. The van der Waals surface area contributed by atoms with E-state index in [0.717, 1.165) is 16.7 Å². The molecule has 4 rings (SSSR count). The molecule has 1 heterocycles. The predicted octanol–water partition coefficient (Wildman–Crippen LogP) is 6.71. The first-order valence-electron chi connectivity index (χ1n) is 9.98. The van der Waals surface area contributed by atoms with Gasteiger partial charge in [-0.25, -0.2) is 0 Å². The summed E-state index contributed by atoms with van der Waals surface area (Å²) in [6, 6.07) is 24.3. The molecule has 1 atom stereocenters. The van der Waals surface area contributed by atoms with Crippen LogP contribution in [0.1, 0.15) is 45.9 Å². The summed E-state index contributed by atoms with van der Waals surface area (Å²) in [6.45, 7) is 3.88. The molecule has 0 amide bonds. The van der Waals surface area contributed by atoms with Gasteiger partial charge in [-0.3, -0.25) is 9.79 Å². The molecule has 1 unspecified atom stereocenters. The van der Waals surface area contributed by atoms with E-state index in [1.165, 1.54) is 0 Å². The third kappa shape index (κ3) is 4.49. The average molecular weight is 429 g/mol. The van der Waals surface area contributed by atoms with Gasteiger partial charge in [0, 0.05) is 16.1 Å². The van der Waals surface area contributed by atoms with Gasteiger partial charge < -0.3 is 4.52 Å². The minimum Gasteiger partial charge on any atom is -0.354 e. The summed E-state index contributed by atoms with van der Waals surface area (Å²) in [5, 5.41) is 4.72. The average Bonchev–Trinajstić information content (AvgIpc) is 3.18. The zero-order valence-corrected chi connectivity index (χ0v) is 18.0. The normalized spacial score (nSPS) is 12.2. The summed E-state index contributed by atoms with van der Waals surface area (Å²) >= 11 is 5.97. The molecule has 4 aromatic rings. The fourth-order valence-corrected chi connectivity index (χ4v) is 3.58. The summed E-state index contributed by atoms with van der Waals surface area (Å²) in [5.74, 6) is 0.435. The third-order valence-electron chi connectivity index (χ3n) is 5.13. The minimum absolute atomic E-state index is 0.0367. The Morgan fingerprint density at radius 1 is 1.00 bits per heavy atom. The van der Waals surface area contributed by atoms with Crippen LogP contribution in [0.2, 0.25) is 5.02 Å². The predicted molar refractivity (Wildman–Crippen MR) is 124 cm³/mol. The molecular weight excluding hydrogens is 408 g/mol. The summed E-state index contributed by atoms with van der Waals surface area (Å²) in [5.41, 5.74) is 4.47. The Bertz CT molecular complexity index is 1230. The number of aliphatic imine (C=N–C) groups is 1. The van der Waals surface area contributed by atoms with Crippen molar-refractivity contribution in [2.45, 2.75) is 19.9 Å². The zero-order chi connectivity index (χ0) is 21.8. The zero-order valence-electron chi connectivity index (χ0n) is 17.2. The molecule has 0 aliphatic heterocycles. The number of nitrogens with zero attached hydrogens (tertiary/aromatic N) is 2. The monoisotopic (exact) mass is 428 g/mol. The van der Waals surface area contributed by atoms with Crippen molar-refractivity contribution < 1.29 is 9.32 Å². The Hall–Kier alpha value is -3.50. The first kappa shape index (κ1) is 20.8. The largest absolute Gasteiger partial charge is 0.354 e. The van der Waals surface area contributed by atoms with Crippen LogP contribution >= 0.6 is 11.6 Å². The lowest BCUT2D eigenvalue weighted by Gasteiger charge is -2.09. The van der Waals surface area contributed by atoms with Crippen molar-refractivity contribution >= 4 is 23.6 Å². The van der Waals surface area contributed by atoms with Gasteiger partial charge in [0.05, 0.1) is 23.5 Å². The molecule has 0 aliphatic rings. The van der Waals surface area contributed by atoms with Crippen LogP contribution in [0.3, 0.4) is 0 Å². The lowest BCUT2D eigenvalue weighted by Crippen LogP contribution is -2.04. The summed E-state index contributed by atoms with van der Waals surface area (Å²) < 4.78 is 5.56. The minimum atomic E-state index is -0.0894. The molecule has 3 aromatic carbocycles. The van der Waals surface area contributed by atoms with Crippen molar-refractivity contribution in [3.8, 4) is 11.1 Å². The molecular formula is C26H21ClN2O2. The molecule has 0 bridgehead atoms. The van der Waals surface area contributed by atoms with Gasteiger partial charge in [-0.15, -0.1) is 0 Å². The lowest BCUT2D eigenvalue weighted by molar-refractivity contribution is 0.103. The Morgan fingerprint density at radius 3 is 2.42 bits per heavy atom. The van der Waals surface area contributed by atoms with E-state index in [2.05, 4.69) is 10.1 Å². The van der Waals surface area contributed by atoms with Crippen molar-refractivity contribution in [3.05, 3.63) is 112 Å². The maximum absolute atomic E-state index is 13.2. The molecule has 1 aromatic heterocycles. The van der Waals surface area contributed by atoms with Crippen LogP contribution in [0, 0.1) is 6.92 Å². The van der Waals surface area contributed by atoms with E-state index in [1.807, 2.05) is 68.4 Å². The van der Waals surface area contributed by atoms with Crippen molar-refractivity contribution in [1.82, 2.24) is 5.16 Å². The van der Waals surface area contributed by atoms with Crippen molar-refractivity contribution in [2.24, 2.45) is 4.99 Å². The highest BCUT2D eigenvalue weighted by Gasteiger charge is 2.21. The molecule has 0 spiro atoms. The maximum Gasteiger partial charge on any atom is 0.193 e. The van der Waals surface area contributed by atoms with Gasteiger partial charge in [0.25, 0.3) is 0 Å². The van der Waals surface area contributed by atoms with Crippen molar-refractivity contribution in [3.63, 3.8) is 0 Å². The van der Waals surface area contributed by atoms with Gasteiger partial charge in [-0.2, -0.15) is 0 Å². The van der Waals surface area contributed by atoms with Crippen LogP contribution in [0.5, 0.6) is 0 Å². The highest BCUT2D eigenvalue weighted by molar-refractivity contribution is 6.30. The molecule has 31 heavy (non-hydrogen) atoms. The van der Waals surface area contributed by atoms with E-state index in [-0.39, 0.29) is 11.8 Å². The molecule has 4 nitrogen and oxygen atoms in total. The Kier molecular flexibility index (Phi) is 6.10. The van der Waals surface area contributed by atoms with E-state index in [0.29, 0.717) is 27.6 Å². The third-order valence-corrected chi connectivity index (χ3v) is 5.39. The molecule has 0 saturated carbocycles. The van der Waals surface area contributed by atoms with Crippen molar-refractivity contribution in [2.75, 3.05) is 0 Å². The van der Waals surface area contributed by atoms with Gasteiger partial charge in [-0.1, -0.05) is 71.4 Å². The van der Waals surface area contributed by atoms with Crippen LogP contribution in [-0.4, -0.2) is 17.2 Å². The van der Waals surface area contributed by atoms with Gasteiger partial charge >= 0.3 is 0 Å². The number of ketones is 1. The second kappa shape index (κ2) is 9.11. The molecule has 5 heteroatoms. The van der Waals surface area contributed by atoms with E-state index >= 15 is 0 Å². The molecule has 0 radical (unpaired) electrons. The molecule has 154 valence electrons. The van der Waals surface area contributed by atoms with Crippen LogP contribution in [-0.2, 0) is 0 Å². The molecule has 0 N–H and O–H groups in total. The number of halogens is 1. The van der Waals surface area contributed by atoms with Crippen molar-refractivity contribution in [1.29, 1.82) is 0 Å². The van der Waals surface area contributed by atoms with Gasteiger partial charge in [0.1, 0.15) is 0 Å². The van der Waals surface area contributed by atoms with E-state index in [4.69, 9.17) is 16.1 Å². The number of aryl methyl sites for hydroxylation is 1. The number of benzene rings is 3. The fraction of sp³-hybridized carbons (Fsp3) is 0.115. The number of hydrogen-bond donors (Lipinski definition) is 0. The smallest absolute Gasteiger partial charge is 0.193 e. The highest BCUT2D eigenvalue weighted by atomic mass is 35.5. The number of carbonyl (C=O) groups excluding carboxylic acids is 1. The Labute approximate surface area is 186 Å². The SMILES string of the molecule is Cc1noc(/C=N\C(C)c2ccccc2)c1-c1ccccc1C(=O)c1ccc(Cl)cc1. The number of rotatable bonds is 6. The lowest BCUT2D eigenvalue weighted by atomic mass is 9.93. The highest BCUT2D eigenvalue weighted by Crippen LogP contribution is 2.31. The van der Waals surface area contributed by atoms with Crippen LogP contribution in [0.25, 0.3) is 11.1 Å². The van der Waals surface area contributed by atoms with Gasteiger partial charge in [-0.05, 0) is 49.2 Å². The summed E-state index contributed by atoms with van der Waals surface area (Å²) in [4.78, 5) is 17.9. The quantitative estimate of drug-likeness (QED) is 0.253. The number of aromatic nitrogens is 1. The molecule has 0 fully saturated rings. The number of carbonyl (C=O) groups is 1. The Morgan fingerprint density at radius 2 is 1.68 bits per heavy atom. The van der Waals surface area contributed by atoms with Crippen LogP contribution in [0.4, 0.5) is 0 Å². The summed E-state index contributed by atoms with van der Waals surface area (Å²) in [7, 11) is 0. The number of hydrogen-bond acceptors (Lipinski definition) is 4. The first-order chi connectivity index (χ1) is 15.0. The second-order valence-electron chi connectivity index (χ2n) is 7.25. The van der Waals surface area contributed by atoms with E-state index < -0.39 is 0 Å². The van der Waals surface area contributed by atoms with Crippen LogP contribution in [0.15, 0.2) is 88.4 Å². The second-order valence-corrected chi connectivity index (χ2v) is 7.69. The fourth-order valence-electron chi connectivity index (χ4n) is 3.46. The first-order valence-corrected chi connectivity index (χ1v) is 10.4. The van der Waals surface area contributed by atoms with Gasteiger partial charge in [0.2, 0.25) is 0 Å². The van der Waals surface area contributed by atoms with E-state index in [1.54, 1.807) is 30.5 Å².